The van der Waals surface area contributed by atoms with Gasteiger partial charge in [0.1, 0.15) is 12.2 Å². The van der Waals surface area contributed by atoms with Crippen LogP contribution in [0.2, 0.25) is 0 Å². The van der Waals surface area contributed by atoms with E-state index in [0.717, 1.165) is 25.7 Å². The number of esters is 2. The number of carbonyl (C=O) groups is 2. The minimum absolute atomic E-state index is 0.107. The molecule has 0 aliphatic carbocycles. The van der Waals surface area contributed by atoms with E-state index in [1.165, 1.54) is 13.8 Å². The first-order valence-corrected chi connectivity index (χ1v) is 11.9. The van der Waals surface area contributed by atoms with Crippen LogP contribution in [0.15, 0.2) is 0 Å². The predicted molar refractivity (Wildman–Crippen MR) is 125 cm³/mol. The highest BCUT2D eigenvalue weighted by Gasteiger charge is 2.49. The van der Waals surface area contributed by atoms with Crippen LogP contribution < -0.4 is 0 Å². The highest BCUT2D eigenvalue weighted by atomic mass is 16.5. The molecule has 2 fully saturated rings. The fourth-order valence-corrected chi connectivity index (χ4v) is 6.56. The first-order chi connectivity index (χ1) is 14.4. The lowest BCUT2D eigenvalue weighted by Crippen LogP contribution is -2.67. The van der Waals surface area contributed by atoms with E-state index in [1.807, 2.05) is 0 Å². The highest BCUT2D eigenvalue weighted by Crippen LogP contribution is 2.42. The summed E-state index contributed by atoms with van der Waals surface area (Å²) in [4.78, 5) is 27.8. The third-order valence-electron chi connectivity index (χ3n) is 7.28. The van der Waals surface area contributed by atoms with E-state index in [2.05, 4.69) is 65.2 Å². The van der Waals surface area contributed by atoms with Crippen LogP contribution in [0, 0.1) is 0 Å². The number of ether oxygens (including phenoxy) is 2. The summed E-state index contributed by atoms with van der Waals surface area (Å²) in [6, 6.07) is 0. The lowest BCUT2D eigenvalue weighted by atomic mass is 9.77. The summed E-state index contributed by atoms with van der Waals surface area (Å²) in [6.07, 6.45) is 2.22. The molecule has 186 valence electrons. The van der Waals surface area contributed by atoms with Crippen LogP contribution in [0.4, 0.5) is 0 Å². The van der Waals surface area contributed by atoms with Crippen LogP contribution in [0.1, 0.15) is 94.9 Å². The number of hydrogen-bond donors (Lipinski definition) is 1. The summed E-state index contributed by atoms with van der Waals surface area (Å²) in [5.74, 6) is -0.478. The fraction of sp³-hybridized carbons (Fsp3) is 0.920. The molecule has 7 heteroatoms. The molecule has 0 radical (unpaired) electrons. The molecule has 0 atom stereocenters. The molecule has 2 rings (SSSR count). The van der Waals surface area contributed by atoms with Gasteiger partial charge in [-0.15, -0.1) is 0 Å². The average Bonchev–Trinajstić information content (AvgIpc) is 2.51. The number of rotatable bonds is 6. The Labute approximate surface area is 194 Å². The Morgan fingerprint density at radius 2 is 0.969 bits per heavy atom. The SMILES string of the molecule is CC(=O)OC1CC(C)(C)N(CC(O)CN2C(C)(C)CC(OC(C)=O)CC2(C)C)C(C)(C)C1. The second-order valence-corrected chi connectivity index (χ2v) is 12.4. The molecule has 2 saturated heterocycles. The second-order valence-electron chi connectivity index (χ2n) is 12.4. The van der Waals surface area contributed by atoms with Crippen molar-refractivity contribution in [2.45, 2.75) is 135 Å². The number of aliphatic hydroxyl groups excluding tert-OH is 1. The van der Waals surface area contributed by atoms with E-state index in [0.29, 0.717) is 13.1 Å². The van der Waals surface area contributed by atoms with Crippen LogP contribution in [0.5, 0.6) is 0 Å². The Balaban J connectivity index is 2.12. The normalized spacial score (nSPS) is 26.1. The zero-order valence-corrected chi connectivity index (χ0v) is 21.9. The number of carbonyl (C=O) groups excluding carboxylic acids is 2. The summed E-state index contributed by atoms with van der Waals surface area (Å²) in [6.45, 7) is 21.3. The molecule has 2 aliphatic heterocycles. The molecule has 32 heavy (non-hydrogen) atoms. The van der Waals surface area contributed by atoms with Crippen molar-refractivity contribution in [3.8, 4) is 0 Å². The van der Waals surface area contributed by atoms with Crippen molar-refractivity contribution in [3.05, 3.63) is 0 Å². The molecule has 2 heterocycles. The van der Waals surface area contributed by atoms with Crippen LogP contribution in [-0.4, -0.2) is 80.4 Å². The van der Waals surface area contributed by atoms with Gasteiger partial charge in [0.05, 0.1) is 6.10 Å². The van der Waals surface area contributed by atoms with Crippen LogP contribution in [0.25, 0.3) is 0 Å². The third-order valence-corrected chi connectivity index (χ3v) is 7.28. The smallest absolute Gasteiger partial charge is 0.302 e. The van der Waals surface area contributed by atoms with Gasteiger partial charge in [-0.1, -0.05) is 0 Å². The molecule has 0 spiro atoms. The monoisotopic (exact) mass is 454 g/mol. The minimum atomic E-state index is -0.539. The highest BCUT2D eigenvalue weighted by molar-refractivity contribution is 5.66. The number of nitrogens with zero attached hydrogens (tertiary/aromatic N) is 2. The summed E-state index contributed by atoms with van der Waals surface area (Å²) in [7, 11) is 0. The van der Waals surface area contributed by atoms with Crippen molar-refractivity contribution >= 4 is 11.9 Å². The van der Waals surface area contributed by atoms with E-state index in [1.54, 1.807) is 0 Å². The van der Waals surface area contributed by atoms with Gasteiger partial charge >= 0.3 is 11.9 Å². The molecule has 0 amide bonds. The second kappa shape index (κ2) is 9.22. The maximum atomic E-state index is 11.5. The van der Waals surface area contributed by atoms with Gasteiger partial charge in [-0.2, -0.15) is 0 Å². The first-order valence-electron chi connectivity index (χ1n) is 11.9. The summed E-state index contributed by atoms with van der Waals surface area (Å²) >= 11 is 0. The first kappa shape index (κ1) is 27.1. The Morgan fingerprint density at radius 3 is 1.19 bits per heavy atom. The zero-order chi connectivity index (χ0) is 24.7. The number of aliphatic hydroxyl groups is 1. The molecule has 0 saturated carbocycles. The Hall–Kier alpha value is -1.18. The van der Waals surface area contributed by atoms with Gasteiger partial charge in [0.15, 0.2) is 0 Å². The Bertz CT molecular complexity index is 606. The van der Waals surface area contributed by atoms with Gasteiger partial charge < -0.3 is 14.6 Å². The zero-order valence-electron chi connectivity index (χ0n) is 21.9. The minimum Gasteiger partial charge on any atom is -0.462 e. The van der Waals surface area contributed by atoms with E-state index in [4.69, 9.17) is 9.47 Å². The summed E-state index contributed by atoms with van der Waals surface area (Å²) in [5.41, 5.74) is -0.848. The summed E-state index contributed by atoms with van der Waals surface area (Å²) in [5, 5.41) is 11.3. The van der Waals surface area contributed by atoms with Gasteiger partial charge in [-0.25, -0.2) is 0 Å². The molecule has 0 unspecified atom stereocenters. The quantitative estimate of drug-likeness (QED) is 0.615. The van der Waals surface area contributed by atoms with Crippen LogP contribution >= 0.6 is 0 Å². The summed E-state index contributed by atoms with van der Waals surface area (Å²) < 4.78 is 11.1. The fourth-order valence-electron chi connectivity index (χ4n) is 6.56. The molecule has 0 aromatic carbocycles. The predicted octanol–water partition coefficient (Wildman–Crippen LogP) is 3.52. The van der Waals surface area contributed by atoms with Crippen molar-refractivity contribution in [2.75, 3.05) is 13.1 Å². The maximum absolute atomic E-state index is 11.5. The molecular formula is C25H46N2O5. The Morgan fingerprint density at radius 1 is 0.719 bits per heavy atom. The van der Waals surface area contributed by atoms with E-state index in [9.17, 15) is 14.7 Å². The Kier molecular flexibility index (Phi) is 7.80. The van der Waals surface area contributed by atoms with Gasteiger partial charge in [0.2, 0.25) is 0 Å². The van der Waals surface area contributed by atoms with Crippen molar-refractivity contribution in [3.63, 3.8) is 0 Å². The molecular weight excluding hydrogens is 408 g/mol. The number of hydrogen-bond acceptors (Lipinski definition) is 7. The van der Waals surface area contributed by atoms with Gasteiger partial charge in [0.25, 0.3) is 0 Å². The van der Waals surface area contributed by atoms with E-state index in [-0.39, 0.29) is 46.3 Å². The van der Waals surface area contributed by atoms with E-state index >= 15 is 0 Å². The number of piperidine rings is 2. The van der Waals surface area contributed by atoms with E-state index < -0.39 is 6.10 Å². The lowest BCUT2D eigenvalue weighted by molar-refractivity contribution is -0.163. The van der Waals surface area contributed by atoms with Gasteiger partial charge in [0, 0.05) is 74.8 Å². The third kappa shape index (κ3) is 6.45. The van der Waals surface area contributed by atoms with Crippen LogP contribution in [0.3, 0.4) is 0 Å². The van der Waals surface area contributed by atoms with Crippen molar-refractivity contribution in [2.24, 2.45) is 0 Å². The lowest BCUT2D eigenvalue weighted by Gasteiger charge is -2.57. The van der Waals surface area contributed by atoms with Gasteiger partial charge in [-0.05, 0) is 55.4 Å². The maximum Gasteiger partial charge on any atom is 0.302 e. The molecule has 0 aromatic rings. The molecule has 1 N–H and O–H groups in total. The van der Waals surface area contributed by atoms with Crippen molar-refractivity contribution in [1.29, 1.82) is 0 Å². The van der Waals surface area contributed by atoms with Crippen LogP contribution in [-0.2, 0) is 19.1 Å². The molecule has 0 bridgehead atoms. The molecule has 7 nitrogen and oxygen atoms in total. The van der Waals surface area contributed by atoms with Crippen molar-refractivity contribution < 1.29 is 24.2 Å². The topological polar surface area (TPSA) is 79.3 Å². The number of β-amino-alcohol motifs (C(OH)–C–C–N with tert-alkyl or cyclic N) is 1. The van der Waals surface area contributed by atoms with Crippen molar-refractivity contribution in [1.82, 2.24) is 9.80 Å². The molecule has 2 aliphatic rings. The average molecular weight is 455 g/mol. The number of likely N-dealkylation sites (tertiary alicyclic amines) is 2. The largest absolute Gasteiger partial charge is 0.462 e. The van der Waals surface area contributed by atoms with Gasteiger partial charge in [-0.3, -0.25) is 19.4 Å². The molecule has 0 aromatic heterocycles. The standard InChI is InChI=1S/C25H46N2O5/c1-17(28)31-20-11-22(3,4)26(23(5,6)12-20)15-19(30)16-27-24(7,8)13-21(32-18(2)29)14-25(27,9)10/h19-21,30H,11-16H2,1-10H3.